The zero-order chi connectivity index (χ0) is 19.2. The van der Waals surface area contributed by atoms with Crippen LogP contribution in [0.1, 0.15) is 37.3 Å². The Morgan fingerprint density at radius 1 is 1.19 bits per heavy atom. The van der Waals surface area contributed by atoms with E-state index >= 15 is 0 Å². The van der Waals surface area contributed by atoms with Crippen molar-refractivity contribution in [1.82, 2.24) is 20.4 Å². The second kappa shape index (κ2) is 8.98. The van der Waals surface area contributed by atoms with Crippen LogP contribution in [0.3, 0.4) is 0 Å². The molecule has 2 N–H and O–H groups in total. The van der Waals surface area contributed by atoms with E-state index in [1.165, 1.54) is 5.56 Å². The van der Waals surface area contributed by atoms with Crippen molar-refractivity contribution in [2.75, 3.05) is 26.2 Å². The third-order valence-corrected chi connectivity index (χ3v) is 5.19. The van der Waals surface area contributed by atoms with Gasteiger partial charge in [0.2, 0.25) is 5.91 Å². The maximum absolute atomic E-state index is 12.3. The number of nitriles is 1. The molecule has 1 saturated carbocycles. The molecule has 0 radical (unpaired) electrons. The fourth-order valence-electron chi connectivity index (χ4n) is 3.31. The first-order valence-electron chi connectivity index (χ1n) is 9.62. The quantitative estimate of drug-likeness (QED) is 0.820. The highest BCUT2D eigenvalue weighted by molar-refractivity contribution is 5.97. The monoisotopic (exact) mass is 369 g/mol. The van der Waals surface area contributed by atoms with Crippen LogP contribution in [0.25, 0.3) is 0 Å². The molecular weight excluding hydrogens is 342 g/mol. The lowest BCUT2D eigenvalue weighted by Crippen LogP contribution is -2.50. The highest BCUT2D eigenvalue weighted by Crippen LogP contribution is 2.18. The summed E-state index contributed by atoms with van der Waals surface area (Å²) >= 11 is 0. The van der Waals surface area contributed by atoms with Gasteiger partial charge in [-0.25, -0.2) is 4.79 Å². The topological polar surface area (TPSA) is 88.5 Å². The van der Waals surface area contributed by atoms with E-state index < -0.39 is 0 Å². The molecule has 3 rings (SSSR count). The molecule has 7 nitrogen and oxygen atoms in total. The number of carbonyl (C=O) groups is 2. The van der Waals surface area contributed by atoms with Crippen LogP contribution in [0.5, 0.6) is 0 Å². The van der Waals surface area contributed by atoms with Gasteiger partial charge in [-0.05, 0) is 50.4 Å². The van der Waals surface area contributed by atoms with E-state index in [1.807, 2.05) is 31.2 Å². The third kappa shape index (κ3) is 5.78. The van der Waals surface area contributed by atoms with Crippen molar-refractivity contribution >= 4 is 11.9 Å². The summed E-state index contributed by atoms with van der Waals surface area (Å²) in [6, 6.07) is 9.35. The summed E-state index contributed by atoms with van der Waals surface area (Å²) in [5, 5.41) is 14.1. The molecule has 1 atom stereocenters. The zero-order valence-corrected chi connectivity index (χ0v) is 15.8. The van der Waals surface area contributed by atoms with E-state index in [0.29, 0.717) is 5.56 Å². The van der Waals surface area contributed by atoms with Gasteiger partial charge in [0, 0.05) is 32.2 Å². The van der Waals surface area contributed by atoms with Gasteiger partial charge in [0.15, 0.2) is 0 Å². The van der Waals surface area contributed by atoms with E-state index in [0.717, 1.165) is 52.0 Å². The minimum Gasteiger partial charge on any atom is -0.335 e. The number of imide groups is 1. The molecule has 144 valence electrons. The molecule has 3 amide bonds. The molecule has 1 aromatic carbocycles. The minimum atomic E-state index is -0.383. The number of urea groups is 1. The Balaban J connectivity index is 1.47. The van der Waals surface area contributed by atoms with E-state index in [2.05, 4.69) is 26.5 Å². The van der Waals surface area contributed by atoms with Gasteiger partial charge in [-0.1, -0.05) is 12.1 Å². The van der Waals surface area contributed by atoms with Crippen LogP contribution in [0.2, 0.25) is 0 Å². The molecule has 1 aliphatic heterocycles. The van der Waals surface area contributed by atoms with Crippen LogP contribution in [0, 0.1) is 11.3 Å². The summed E-state index contributed by atoms with van der Waals surface area (Å²) in [5.74, 6) is -0.242. The van der Waals surface area contributed by atoms with Crippen molar-refractivity contribution in [3.05, 3.63) is 35.4 Å². The fourth-order valence-corrected chi connectivity index (χ4v) is 3.31. The van der Waals surface area contributed by atoms with Gasteiger partial charge in [0.25, 0.3) is 0 Å². The Labute approximate surface area is 160 Å². The third-order valence-electron chi connectivity index (χ3n) is 5.19. The predicted octanol–water partition coefficient (Wildman–Crippen LogP) is 1.44. The summed E-state index contributed by atoms with van der Waals surface area (Å²) in [6.07, 6.45) is 2.97. The number of rotatable bonds is 5. The average Bonchev–Trinajstić information content (AvgIpc) is 3.49. The number of hydrogen-bond acceptors (Lipinski definition) is 5. The van der Waals surface area contributed by atoms with Crippen LogP contribution in [0.15, 0.2) is 24.3 Å². The number of amides is 3. The lowest BCUT2D eigenvalue weighted by atomic mass is 10.1. The van der Waals surface area contributed by atoms with E-state index in [1.54, 1.807) is 0 Å². The van der Waals surface area contributed by atoms with Crippen LogP contribution in [-0.4, -0.2) is 60.0 Å². The average molecular weight is 369 g/mol. The molecule has 7 heteroatoms. The molecule has 1 unspecified atom stereocenters. The Morgan fingerprint density at radius 3 is 2.59 bits per heavy atom. The van der Waals surface area contributed by atoms with Gasteiger partial charge >= 0.3 is 6.03 Å². The Hall–Kier alpha value is -2.43. The van der Waals surface area contributed by atoms with Crippen molar-refractivity contribution in [1.29, 1.82) is 5.26 Å². The standard InChI is InChI=1S/C20H27N5O2/c1-15(19(26)23-20(27)22-18-7-8-18)25-10-2-9-24(11-12-25)14-17-5-3-16(13-21)4-6-17/h3-6,15,18H,2,7-12,14H2,1H3,(H2,22,23,26,27). The molecule has 1 aliphatic carbocycles. The van der Waals surface area contributed by atoms with E-state index in [4.69, 9.17) is 5.26 Å². The summed E-state index contributed by atoms with van der Waals surface area (Å²) < 4.78 is 0. The fraction of sp³-hybridized carbons (Fsp3) is 0.550. The first-order chi connectivity index (χ1) is 13.0. The Bertz CT molecular complexity index is 708. The summed E-state index contributed by atoms with van der Waals surface area (Å²) in [4.78, 5) is 28.6. The molecule has 1 heterocycles. The van der Waals surface area contributed by atoms with Gasteiger partial charge in [-0.3, -0.25) is 19.9 Å². The first kappa shape index (κ1) is 19.3. The van der Waals surface area contributed by atoms with Crippen LogP contribution in [0.4, 0.5) is 4.79 Å². The Kier molecular flexibility index (Phi) is 6.43. The maximum Gasteiger partial charge on any atom is 0.321 e. The van der Waals surface area contributed by atoms with Crippen molar-refractivity contribution in [3.63, 3.8) is 0 Å². The van der Waals surface area contributed by atoms with Gasteiger partial charge < -0.3 is 5.32 Å². The predicted molar refractivity (Wildman–Crippen MR) is 102 cm³/mol. The SMILES string of the molecule is CC(C(=O)NC(=O)NC1CC1)N1CCCN(Cc2ccc(C#N)cc2)CC1. The largest absolute Gasteiger partial charge is 0.335 e. The normalized spacial score (nSPS) is 19.6. The molecule has 1 saturated heterocycles. The van der Waals surface area contributed by atoms with E-state index in [9.17, 15) is 9.59 Å². The second-order valence-corrected chi connectivity index (χ2v) is 7.39. The molecule has 0 spiro atoms. The molecule has 27 heavy (non-hydrogen) atoms. The van der Waals surface area contributed by atoms with Crippen molar-refractivity contribution in [2.45, 2.75) is 44.8 Å². The number of nitrogens with zero attached hydrogens (tertiary/aromatic N) is 3. The zero-order valence-electron chi connectivity index (χ0n) is 15.8. The van der Waals surface area contributed by atoms with Crippen molar-refractivity contribution < 1.29 is 9.59 Å². The highest BCUT2D eigenvalue weighted by atomic mass is 16.2. The van der Waals surface area contributed by atoms with Gasteiger partial charge in [0.05, 0.1) is 17.7 Å². The minimum absolute atomic E-state index is 0.238. The maximum atomic E-state index is 12.3. The smallest absolute Gasteiger partial charge is 0.321 e. The molecule has 0 aromatic heterocycles. The van der Waals surface area contributed by atoms with Crippen LogP contribution < -0.4 is 10.6 Å². The number of hydrogen-bond donors (Lipinski definition) is 2. The van der Waals surface area contributed by atoms with Gasteiger partial charge in [-0.2, -0.15) is 5.26 Å². The summed E-state index contributed by atoms with van der Waals surface area (Å²) in [5.41, 5.74) is 1.86. The second-order valence-electron chi connectivity index (χ2n) is 7.39. The highest BCUT2D eigenvalue weighted by Gasteiger charge is 2.27. The van der Waals surface area contributed by atoms with Gasteiger partial charge in [-0.15, -0.1) is 0 Å². The molecular formula is C20H27N5O2. The lowest BCUT2D eigenvalue weighted by Gasteiger charge is -2.26. The molecule has 1 aromatic rings. The summed E-state index contributed by atoms with van der Waals surface area (Å²) in [7, 11) is 0. The molecule has 0 bridgehead atoms. The van der Waals surface area contributed by atoms with Crippen molar-refractivity contribution in [2.24, 2.45) is 0 Å². The first-order valence-corrected chi connectivity index (χ1v) is 9.62. The van der Waals surface area contributed by atoms with Crippen LogP contribution >= 0.6 is 0 Å². The van der Waals surface area contributed by atoms with Gasteiger partial charge in [0.1, 0.15) is 0 Å². The number of benzene rings is 1. The number of carbonyl (C=O) groups excluding carboxylic acids is 2. The molecule has 2 fully saturated rings. The summed E-state index contributed by atoms with van der Waals surface area (Å²) in [6.45, 7) is 6.15. The number of nitrogens with one attached hydrogen (secondary N) is 2. The van der Waals surface area contributed by atoms with Crippen LogP contribution in [-0.2, 0) is 11.3 Å². The van der Waals surface area contributed by atoms with E-state index in [-0.39, 0.29) is 24.0 Å². The van der Waals surface area contributed by atoms with Crippen molar-refractivity contribution in [3.8, 4) is 6.07 Å². The molecule has 2 aliphatic rings. The Morgan fingerprint density at radius 2 is 1.93 bits per heavy atom. The lowest BCUT2D eigenvalue weighted by molar-refractivity contribution is -0.124.